The number of nitrogens with one attached hydrogen (secondary N) is 2. The first-order chi connectivity index (χ1) is 27.1. The fourth-order valence-electron chi connectivity index (χ4n) is 7.49. The molecular weight excluding hydrogens is 782 g/mol. The summed E-state index contributed by atoms with van der Waals surface area (Å²) in [6, 6.07) is 10.1. The number of hydrogen-bond acceptors (Lipinski definition) is 10. The minimum atomic E-state index is -3.81. The molecule has 15 nitrogen and oxygen atoms in total. The number of rotatable bonds is 11. The predicted octanol–water partition coefficient (Wildman–Crippen LogP) is 4.76. The van der Waals surface area contributed by atoms with Crippen LogP contribution in [0.2, 0.25) is 5.02 Å². The van der Waals surface area contributed by atoms with Crippen LogP contribution >= 0.6 is 11.6 Å². The number of hydrogen-bond donors (Lipinski definition) is 2. The first-order valence-corrected chi connectivity index (χ1v) is 20.6. The summed E-state index contributed by atoms with van der Waals surface area (Å²) < 4.78 is 66.5. The molecule has 1 aliphatic heterocycles. The van der Waals surface area contributed by atoms with Crippen LogP contribution in [0.15, 0.2) is 59.5 Å². The molecule has 0 spiro atoms. The molecule has 2 aromatic carbocycles. The number of aryl methyl sites for hydroxylation is 1. The molecule has 5 heterocycles. The number of carbonyl (C=O) groups excluding carboxylic acids is 1. The van der Waals surface area contributed by atoms with Gasteiger partial charge in [-0.1, -0.05) is 11.6 Å². The summed E-state index contributed by atoms with van der Waals surface area (Å²) in [6.45, 7) is 4.81. The number of benzene rings is 2. The van der Waals surface area contributed by atoms with Crippen molar-refractivity contribution in [3.63, 3.8) is 0 Å². The third-order valence-corrected chi connectivity index (χ3v) is 10.8. The quantitative estimate of drug-likeness (QED) is 0.186. The molecule has 4 aromatic heterocycles. The number of aromatic nitrogens is 7. The van der Waals surface area contributed by atoms with Crippen molar-refractivity contribution in [2.45, 2.75) is 63.8 Å². The van der Waals surface area contributed by atoms with Crippen molar-refractivity contribution in [2.24, 2.45) is 7.05 Å². The zero-order valence-electron chi connectivity index (χ0n) is 31.4. The summed E-state index contributed by atoms with van der Waals surface area (Å²) in [5.74, 6) is -1.36. The third-order valence-electron chi connectivity index (χ3n) is 9.90. The number of nitrogens with zero attached hydrogens (tertiary/aromatic N) is 8. The van der Waals surface area contributed by atoms with Gasteiger partial charge in [0, 0.05) is 44.7 Å². The second kappa shape index (κ2) is 14.8. The third kappa shape index (κ3) is 8.06. The zero-order valence-corrected chi connectivity index (χ0v) is 33.0. The normalized spacial score (nSPS) is 18.0. The fraction of sp³-hybridized carbons (Fsp3) is 0.368. The van der Waals surface area contributed by atoms with E-state index in [4.69, 9.17) is 26.3 Å². The molecule has 0 bridgehead atoms. The van der Waals surface area contributed by atoms with Gasteiger partial charge in [0.1, 0.15) is 29.8 Å². The highest BCUT2D eigenvalue weighted by Gasteiger charge is 2.30. The van der Waals surface area contributed by atoms with E-state index in [9.17, 15) is 26.8 Å². The van der Waals surface area contributed by atoms with Crippen LogP contribution in [-0.4, -0.2) is 80.0 Å². The van der Waals surface area contributed by atoms with Crippen molar-refractivity contribution in [3.05, 3.63) is 98.8 Å². The molecule has 2 N–H and O–H groups in total. The first kappa shape index (κ1) is 38.4. The van der Waals surface area contributed by atoms with Crippen molar-refractivity contribution < 1.29 is 26.7 Å². The predicted molar refractivity (Wildman–Crippen MR) is 210 cm³/mol. The fourth-order valence-corrected chi connectivity index (χ4v) is 8.22. The molecule has 0 radical (unpaired) electrons. The molecule has 1 aliphatic carbocycles. The summed E-state index contributed by atoms with van der Waals surface area (Å²) in [5.41, 5.74) is 0.977. The number of pyridine rings is 1. The van der Waals surface area contributed by atoms with Gasteiger partial charge >= 0.3 is 0 Å². The number of fused-ring (bicyclic) bond motifs is 2. The topological polar surface area (TPSA) is 171 Å². The summed E-state index contributed by atoms with van der Waals surface area (Å²) in [4.78, 5) is 40.7. The molecule has 1 amide bonds. The Morgan fingerprint density at radius 2 is 1.74 bits per heavy atom. The Kier molecular flexibility index (Phi) is 9.98. The molecule has 0 unspecified atom stereocenters. The Morgan fingerprint density at radius 3 is 2.42 bits per heavy atom. The molecule has 57 heavy (non-hydrogen) atoms. The number of carbonyl (C=O) groups is 1. The van der Waals surface area contributed by atoms with E-state index in [1.165, 1.54) is 20.0 Å². The van der Waals surface area contributed by atoms with Crippen LogP contribution in [0.3, 0.4) is 0 Å². The van der Waals surface area contributed by atoms with E-state index in [-0.39, 0.29) is 75.0 Å². The van der Waals surface area contributed by atoms with Gasteiger partial charge < -0.3 is 15.0 Å². The Labute approximate surface area is 330 Å². The molecular formula is C38H39ClF2N10O5S. The molecule has 2 aliphatic rings. The average molecular weight is 821 g/mol. The maximum Gasteiger partial charge on any atom is 0.267 e. The van der Waals surface area contributed by atoms with E-state index in [0.717, 1.165) is 43.0 Å². The second-order valence-electron chi connectivity index (χ2n) is 14.8. The highest BCUT2D eigenvalue weighted by molar-refractivity contribution is 7.92. The molecule has 8 rings (SSSR count). The molecule has 1 saturated heterocycles. The number of amides is 1. The van der Waals surface area contributed by atoms with Crippen molar-refractivity contribution in [1.29, 1.82) is 0 Å². The largest absolute Gasteiger partial charge is 0.372 e. The van der Waals surface area contributed by atoms with Crippen LogP contribution in [0.4, 0.5) is 20.4 Å². The molecule has 298 valence electrons. The lowest BCUT2D eigenvalue weighted by atomic mass is 10.0. The van der Waals surface area contributed by atoms with Crippen LogP contribution in [0.25, 0.3) is 27.6 Å². The molecule has 1 saturated carbocycles. The summed E-state index contributed by atoms with van der Waals surface area (Å²) in [6.07, 6.45) is 4.36. The molecule has 19 heteroatoms. The number of morpholine rings is 1. The van der Waals surface area contributed by atoms with Crippen LogP contribution in [-0.2, 0) is 39.6 Å². The van der Waals surface area contributed by atoms with Gasteiger partial charge in [-0.25, -0.2) is 27.2 Å². The Balaban J connectivity index is 1.33. The number of sulfonamides is 1. The van der Waals surface area contributed by atoms with E-state index >= 15 is 0 Å². The Bertz CT molecular complexity index is 2700. The van der Waals surface area contributed by atoms with Gasteiger partial charge in [-0.15, -0.1) is 0 Å². The lowest BCUT2D eigenvalue weighted by molar-refractivity contribution is -0.122. The van der Waals surface area contributed by atoms with Crippen LogP contribution in [0, 0.1) is 11.6 Å². The highest BCUT2D eigenvalue weighted by atomic mass is 35.5. The van der Waals surface area contributed by atoms with E-state index in [1.807, 2.05) is 24.8 Å². The molecule has 2 fully saturated rings. The maximum absolute atomic E-state index is 15.0. The van der Waals surface area contributed by atoms with Crippen molar-refractivity contribution in [1.82, 2.24) is 39.4 Å². The van der Waals surface area contributed by atoms with Gasteiger partial charge in [-0.05, 0) is 74.7 Å². The number of halogens is 3. The highest BCUT2D eigenvalue weighted by Crippen LogP contribution is 2.39. The summed E-state index contributed by atoms with van der Waals surface area (Å²) in [7, 11) is -2.25. The second-order valence-corrected chi connectivity index (χ2v) is 16.9. The van der Waals surface area contributed by atoms with E-state index in [1.54, 1.807) is 31.4 Å². The monoisotopic (exact) mass is 820 g/mol. The maximum atomic E-state index is 15.0. The standard InChI is InChI=1S/C38H39ClF2N10O5S/c1-20-17-49(18-21(2)56-20)31-10-7-26-35(43-31)44-37(51(38(26)53)30-9-8-27(39)33-34(30)48(3)46-36(33)47-57(4,54)55)29(15-22-13-24(40)16-25(41)14-22)42-32(52)19-50-12-11-28(45-50)23-5-6-23/h7-14,16,20-21,23,29H,5-6,15,17-19H2,1-4H3,(H,42,52)(H,46,47)/t20-,21+,29-/m0/s1. The van der Waals surface area contributed by atoms with Gasteiger partial charge in [0.2, 0.25) is 15.9 Å². The van der Waals surface area contributed by atoms with Gasteiger partial charge in [-0.3, -0.25) is 28.2 Å². The number of anilines is 2. The Morgan fingerprint density at radius 1 is 1.02 bits per heavy atom. The first-order valence-electron chi connectivity index (χ1n) is 18.4. The zero-order chi connectivity index (χ0) is 40.3. The lowest BCUT2D eigenvalue weighted by Crippen LogP contribution is -2.45. The average Bonchev–Trinajstić information content (AvgIpc) is 3.78. The van der Waals surface area contributed by atoms with Gasteiger partial charge in [0.15, 0.2) is 11.5 Å². The number of ether oxygens (including phenoxy) is 1. The van der Waals surface area contributed by atoms with Gasteiger partial charge in [0.05, 0.1) is 57.2 Å². The Hall–Kier alpha value is -5.46. The van der Waals surface area contributed by atoms with Crippen molar-refractivity contribution in [2.75, 3.05) is 29.0 Å². The lowest BCUT2D eigenvalue weighted by Gasteiger charge is -2.36. The van der Waals surface area contributed by atoms with E-state index < -0.39 is 39.2 Å². The molecule has 3 atom stereocenters. The summed E-state index contributed by atoms with van der Waals surface area (Å²) >= 11 is 6.67. The molecule has 6 aromatic rings. The van der Waals surface area contributed by atoms with Crippen LogP contribution < -0.4 is 20.5 Å². The van der Waals surface area contributed by atoms with Gasteiger partial charge in [0.25, 0.3) is 5.56 Å². The SMILES string of the molecule is C[C@@H]1CN(c2ccc3c(=O)n(-c4ccc(Cl)c5c(NS(C)(=O)=O)nn(C)c45)c([C@H](Cc4cc(F)cc(F)c4)NC(=O)Cn4ccc(C5CC5)n4)nc3n2)C[C@H](C)O1. The van der Waals surface area contributed by atoms with E-state index in [2.05, 4.69) is 20.2 Å². The van der Waals surface area contributed by atoms with Gasteiger partial charge in [-0.2, -0.15) is 10.2 Å². The van der Waals surface area contributed by atoms with Crippen LogP contribution in [0.5, 0.6) is 0 Å². The smallest absolute Gasteiger partial charge is 0.267 e. The minimum absolute atomic E-state index is 0.0273. The minimum Gasteiger partial charge on any atom is -0.372 e. The van der Waals surface area contributed by atoms with Crippen molar-refractivity contribution in [3.8, 4) is 5.69 Å². The summed E-state index contributed by atoms with van der Waals surface area (Å²) in [5, 5.41) is 12.4. The van der Waals surface area contributed by atoms with Crippen LogP contribution in [0.1, 0.15) is 55.7 Å². The van der Waals surface area contributed by atoms with E-state index in [0.29, 0.717) is 24.8 Å². The van der Waals surface area contributed by atoms with Crippen molar-refractivity contribution >= 4 is 61.1 Å².